The molecule has 0 bridgehead atoms. The zero-order chi connectivity index (χ0) is 25.8. The Morgan fingerprint density at radius 2 is 1.68 bits per heavy atom. The predicted octanol–water partition coefficient (Wildman–Crippen LogP) is 4.01. The summed E-state index contributed by atoms with van der Waals surface area (Å²) in [7, 11) is 0. The number of benzene rings is 1. The fourth-order valence-corrected chi connectivity index (χ4v) is 5.27. The summed E-state index contributed by atoms with van der Waals surface area (Å²) in [5.41, 5.74) is 5.00. The van der Waals surface area contributed by atoms with Crippen LogP contribution in [0.2, 0.25) is 0 Å². The van der Waals surface area contributed by atoms with Crippen molar-refractivity contribution in [1.29, 1.82) is 5.26 Å². The van der Waals surface area contributed by atoms with E-state index in [2.05, 4.69) is 26.2 Å². The number of carbonyl (C=O) groups excluding carboxylic acids is 1. The van der Waals surface area contributed by atoms with Crippen molar-refractivity contribution in [2.75, 3.05) is 54.4 Å². The lowest BCUT2D eigenvalue weighted by atomic mass is 10.0. The van der Waals surface area contributed by atoms with Gasteiger partial charge < -0.3 is 20.0 Å². The van der Waals surface area contributed by atoms with Gasteiger partial charge in [0, 0.05) is 51.5 Å². The van der Waals surface area contributed by atoms with Crippen molar-refractivity contribution in [3.05, 3.63) is 77.2 Å². The highest BCUT2D eigenvalue weighted by Gasteiger charge is 2.26. The highest BCUT2D eigenvalue weighted by Crippen LogP contribution is 2.27. The summed E-state index contributed by atoms with van der Waals surface area (Å²) in [6.07, 6.45) is 3.70. The molecule has 1 amide bonds. The summed E-state index contributed by atoms with van der Waals surface area (Å²) in [6.45, 7) is 8.51. The Kier molecular flexibility index (Phi) is 7.22. The van der Waals surface area contributed by atoms with E-state index in [-0.39, 0.29) is 5.91 Å². The molecule has 8 heteroatoms. The molecule has 37 heavy (non-hydrogen) atoms. The molecule has 2 aliphatic heterocycles. The Bertz CT molecular complexity index is 1290. The Morgan fingerprint density at radius 3 is 2.38 bits per heavy atom. The third-order valence-corrected chi connectivity index (χ3v) is 7.39. The number of aromatic nitrogens is 2. The smallest absolute Gasteiger partial charge is 0.255 e. The summed E-state index contributed by atoms with van der Waals surface area (Å²) in [4.78, 5) is 29.1. The summed E-state index contributed by atoms with van der Waals surface area (Å²) in [5, 5.41) is 13.1. The molecule has 1 N–H and O–H groups in total. The van der Waals surface area contributed by atoms with E-state index in [1.54, 1.807) is 6.20 Å². The second kappa shape index (κ2) is 10.9. The average Bonchev–Trinajstić information content (AvgIpc) is 2.95. The minimum atomic E-state index is 0.0386. The molecular formula is C29H33N7O. The Morgan fingerprint density at radius 1 is 0.946 bits per heavy atom. The van der Waals surface area contributed by atoms with Gasteiger partial charge in [0.15, 0.2) is 0 Å². The molecule has 2 saturated heterocycles. The van der Waals surface area contributed by atoms with Crippen LogP contribution < -0.4 is 15.1 Å². The van der Waals surface area contributed by atoms with Crippen molar-refractivity contribution in [2.24, 2.45) is 0 Å². The fraction of sp³-hybridized carbons (Fsp3) is 0.379. The number of carbonyl (C=O) groups is 1. The van der Waals surface area contributed by atoms with E-state index in [0.717, 1.165) is 73.2 Å². The third-order valence-electron chi connectivity index (χ3n) is 7.39. The number of amides is 1. The Hall–Kier alpha value is -4.12. The molecule has 0 spiro atoms. The second-order valence-corrected chi connectivity index (χ2v) is 9.76. The van der Waals surface area contributed by atoms with Crippen LogP contribution in [-0.4, -0.2) is 66.1 Å². The van der Waals surface area contributed by atoms with Crippen LogP contribution in [-0.2, 0) is 0 Å². The van der Waals surface area contributed by atoms with Crippen molar-refractivity contribution >= 4 is 23.1 Å². The first-order valence-electron chi connectivity index (χ1n) is 13.0. The van der Waals surface area contributed by atoms with Gasteiger partial charge in [-0.2, -0.15) is 5.26 Å². The van der Waals surface area contributed by atoms with Crippen LogP contribution in [0.4, 0.5) is 17.2 Å². The molecular weight excluding hydrogens is 462 g/mol. The van der Waals surface area contributed by atoms with Crippen molar-refractivity contribution in [1.82, 2.24) is 14.9 Å². The summed E-state index contributed by atoms with van der Waals surface area (Å²) < 4.78 is 0. The lowest BCUT2D eigenvalue weighted by Crippen LogP contribution is -2.49. The number of nitrogens with one attached hydrogen (secondary N) is 1. The van der Waals surface area contributed by atoms with E-state index in [9.17, 15) is 10.1 Å². The summed E-state index contributed by atoms with van der Waals surface area (Å²) in [5.74, 6) is 0.994. The highest BCUT2D eigenvalue weighted by atomic mass is 16.2. The SMILES string of the molecule is Cc1nc(C)c(C(=O)N2CCN(c3ccccn3)CC2)cc1NC1CCN(c2ccccc2C#N)CC1. The van der Waals surface area contributed by atoms with Gasteiger partial charge in [-0.15, -0.1) is 0 Å². The molecule has 190 valence electrons. The number of hydrogen-bond donors (Lipinski definition) is 1. The predicted molar refractivity (Wildman–Crippen MR) is 146 cm³/mol. The number of rotatable bonds is 5. The van der Waals surface area contributed by atoms with Gasteiger partial charge in [-0.25, -0.2) is 4.98 Å². The quantitative estimate of drug-likeness (QED) is 0.572. The molecule has 4 heterocycles. The van der Waals surface area contributed by atoms with Crippen LogP contribution in [0.25, 0.3) is 0 Å². The molecule has 0 radical (unpaired) electrons. The van der Waals surface area contributed by atoms with Crippen LogP contribution in [0.15, 0.2) is 54.7 Å². The number of aryl methyl sites for hydroxylation is 2. The number of piperidine rings is 1. The maximum atomic E-state index is 13.5. The standard InChI is InChI=1S/C29H33N7O/c1-21-25(29(37)36-17-15-35(16-18-36)28-9-5-6-12-31-28)19-26(22(2)32-21)33-24-10-13-34(14-11-24)27-8-4-3-7-23(27)20-30/h3-9,12,19,24,33H,10-11,13-18H2,1-2H3. The van der Waals surface area contributed by atoms with Crippen LogP contribution in [0.3, 0.4) is 0 Å². The van der Waals surface area contributed by atoms with E-state index in [1.807, 2.05) is 67.3 Å². The van der Waals surface area contributed by atoms with Gasteiger partial charge in [0.05, 0.1) is 33.9 Å². The Labute approximate surface area is 218 Å². The van der Waals surface area contributed by atoms with Gasteiger partial charge in [-0.05, 0) is 57.0 Å². The first kappa shape index (κ1) is 24.6. The zero-order valence-electron chi connectivity index (χ0n) is 21.5. The van der Waals surface area contributed by atoms with Crippen LogP contribution in [0.5, 0.6) is 0 Å². The third kappa shape index (κ3) is 5.36. The first-order valence-corrected chi connectivity index (χ1v) is 13.0. The van der Waals surface area contributed by atoms with Gasteiger partial charge in [0.25, 0.3) is 5.91 Å². The van der Waals surface area contributed by atoms with E-state index in [4.69, 9.17) is 4.98 Å². The van der Waals surface area contributed by atoms with Crippen LogP contribution >= 0.6 is 0 Å². The van der Waals surface area contributed by atoms with Gasteiger partial charge >= 0.3 is 0 Å². The van der Waals surface area contributed by atoms with Crippen molar-refractivity contribution in [3.63, 3.8) is 0 Å². The minimum Gasteiger partial charge on any atom is -0.381 e. The molecule has 2 aromatic heterocycles. The van der Waals surface area contributed by atoms with Crippen LogP contribution in [0, 0.1) is 25.2 Å². The summed E-state index contributed by atoms with van der Waals surface area (Å²) in [6, 6.07) is 18.3. The number of piperazine rings is 1. The molecule has 3 aromatic rings. The summed E-state index contributed by atoms with van der Waals surface area (Å²) >= 11 is 0. The van der Waals surface area contributed by atoms with Crippen LogP contribution in [0.1, 0.15) is 40.2 Å². The maximum Gasteiger partial charge on any atom is 0.255 e. The van der Waals surface area contributed by atoms with E-state index in [1.165, 1.54) is 0 Å². The maximum absolute atomic E-state index is 13.5. The monoisotopic (exact) mass is 495 g/mol. The molecule has 0 saturated carbocycles. The molecule has 8 nitrogen and oxygen atoms in total. The molecule has 0 aliphatic carbocycles. The number of para-hydroxylation sites is 1. The topological polar surface area (TPSA) is 88.4 Å². The molecule has 2 aliphatic rings. The molecule has 1 aromatic carbocycles. The molecule has 0 atom stereocenters. The van der Waals surface area contributed by atoms with Crippen molar-refractivity contribution in [3.8, 4) is 6.07 Å². The Balaban J connectivity index is 1.22. The van der Waals surface area contributed by atoms with Gasteiger partial charge in [0.1, 0.15) is 11.9 Å². The average molecular weight is 496 g/mol. The van der Waals surface area contributed by atoms with E-state index >= 15 is 0 Å². The number of hydrogen-bond acceptors (Lipinski definition) is 7. The lowest BCUT2D eigenvalue weighted by molar-refractivity contribution is 0.0745. The minimum absolute atomic E-state index is 0.0386. The number of nitrogens with zero attached hydrogens (tertiary/aromatic N) is 6. The van der Waals surface area contributed by atoms with E-state index in [0.29, 0.717) is 24.7 Å². The number of anilines is 3. The van der Waals surface area contributed by atoms with E-state index < -0.39 is 0 Å². The normalized spacial score (nSPS) is 16.4. The molecule has 2 fully saturated rings. The van der Waals surface area contributed by atoms with Gasteiger partial charge in [0.2, 0.25) is 0 Å². The second-order valence-electron chi connectivity index (χ2n) is 9.76. The van der Waals surface area contributed by atoms with Gasteiger partial charge in [-0.3, -0.25) is 9.78 Å². The zero-order valence-corrected chi connectivity index (χ0v) is 21.5. The molecule has 5 rings (SSSR count). The highest BCUT2D eigenvalue weighted by molar-refractivity contribution is 5.96. The largest absolute Gasteiger partial charge is 0.381 e. The fourth-order valence-electron chi connectivity index (χ4n) is 5.27. The van der Waals surface area contributed by atoms with Crippen molar-refractivity contribution in [2.45, 2.75) is 32.7 Å². The van der Waals surface area contributed by atoms with Crippen molar-refractivity contribution < 1.29 is 4.79 Å². The molecule has 0 unspecified atom stereocenters. The lowest BCUT2D eigenvalue weighted by Gasteiger charge is -2.36. The van der Waals surface area contributed by atoms with Gasteiger partial charge in [-0.1, -0.05) is 18.2 Å². The number of nitriles is 1. The number of pyridine rings is 2. The first-order chi connectivity index (χ1) is 18.0.